The first-order chi connectivity index (χ1) is 8.20. The molecule has 7 heteroatoms. The highest BCUT2D eigenvalue weighted by molar-refractivity contribution is 7.99. The van der Waals surface area contributed by atoms with Crippen LogP contribution in [0.3, 0.4) is 0 Å². The maximum atomic E-state index is 10.6. The molecule has 0 radical (unpaired) electrons. The lowest BCUT2D eigenvalue weighted by atomic mass is 10.2. The molecule has 0 fully saturated rings. The number of oxazole rings is 1. The number of aromatic nitrogens is 1. The molecule has 0 bridgehead atoms. The Bertz CT molecular complexity index is 527. The fourth-order valence-corrected chi connectivity index (χ4v) is 2.05. The van der Waals surface area contributed by atoms with Crippen LogP contribution in [0.25, 0.3) is 0 Å². The van der Waals surface area contributed by atoms with E-state index >= 15 is 0 Å². The number of nitro groups is 1. The van der Waals surface area contributed by atoms with E-state index in [9.17, 15) is 10.1 Å². The van der Waals surface area contributed by atoms with Crippen molar-refractivity contribution >= 4 is 17.4 Å². The number of rotatable bonds is 4. The minimum Gasteiger partial charge on any atom is -0.440 e. The number of hydrogen-bond acceptors (Lipinski definition) is 6. The number of nitro benzene ring substituents is 1. The summed E-state index contributed by atoms with van der Waals surface area (Å²) in [6.07, 6.45) is 2.94. The minimum absolute atomic E-state index is 0.0502. The van der Waals surface area contributed by atoms with Crippen molar-refractivity contribution in [3.63, 3.8) is 0 Å². The SMILES string of the molecule is O=[N+]([O-])c1ccc(Sc2ncco2)c(CO)c1. The van der Waals surface area contributed by atoms with Crippen molar-refractivity contribution in [2.75, 3.05) is 0 Å². The zero-order chi connectivity index (χ0) is 12.3. The summed E-state index contributed by atoms with van der Waals surface area (Å²) >= 11 is 1.21. The van der Waals surface area contributed by atoms with Crippen molar-refractivity contribution in [1.82, 2.24) is 4.98 Å². The first-order valence-electron chi connectivity index (χ1n) is 4.66. The van der Waals surface area contributed by atoms with E-state index in [-0.39, 0.29) is 12.3 Å². The Morgan fingerprint density at radius 3 is 2.94 bits per heavy atom. The van der Waals surface area contributed by atoms with Crippen LogP contribution >= 0.6 is 11.8 Å². The van der Waals surface area contributed by atoms with Gasteiger partial charge in [0, 0.05) is 17.0 Å². The van der Waals surface area contributed by atoms with Crippen molar-refractivity contribution in [3.05, 3.63) is 46.3 Å². The minimum atomic E-state index is -0.501. The molecule has 0 spiro atoms. The van der Waals surface area contributed by atoms with E-state index in [1.807, 2.05) is 0 Å². The molecule has 17 heavy (non-hydrogen) atoms. The van der Waals surface area contributed by atoms with Gasteiger partial charge in [0.2, 0.25) is 0 Å². The zero-order valence-corrected chi connectivity index (χ0v) is 9.38. The number of hydrogen-bond donors (Lipinski definition) is 1. The molecule has 1 N–H and O–H groups in total. The first kappa shape index (κ1) is 11.6. The average Bonchev–Trinajstić information content (AvgIpc) is 2.82. The van der Waals surface area contributed by atoms with Crippen molar-refractivity contribution < 1.29 is 14.4 Å². The van der Waals surface area contributed by atoms with Crippen molar-refractivity contribution in [3.8, 4) is 0 Å². The van der Waals surface area contributed by atoms with E-state index in [1.54, 1.807) is 6.07 Å². The predicted octanol–water partition coefficient (Wildman–Crippen LogP) is 2.23. The van der Waals surface area contributed by atoms with Crippen LogP contribution in [0, 0.1) is 10.1 Å². The second kappa shape index (κ2) is 4.98. The summed E-state index contributed by atoms with van der Waals surface area (Å²) in [6, 6.07) is 4.29. The molecular weight excluding hydrogens is 244 g/mol. The number of aliphatic hydroxyl groups excluding tert-OH is 1. The highest BCUT2D eigenvalue weighted by atomic mass is 32.2. The van der Waals surface area contributed by atoms with Gasteiger partial charge in [-0.25, -0.2) is 4.98 Å². The Balaban J connectivity index is 2.31. The Morgan fingerprint density at radius 2 is 2.35 bits per heavy atom. The van der Waals surface area contributed by atoms with Crippen LogP contribution in [-0.2, 0) is 6.61 Å². The van der Waals surface area contributed by atoms with Gasteiger partial charge < -0.3 is 9.52 Å². The number of non-ortho nitro benzene ring substituents is 1. The summed E-state index contributed by atoms with van der Waals surface area (Å²) < 4.78 is 5.05. The monoisotopic (exact) mass is 252 g/mol. The molecule has 1 aromatic heterocycles. The highest BCUT2D eigenvalue weighted by Gasteiger charge is 2.12. The Kier molecular flexibility index (Phi) is 3.40. The van der Waals surface area contributed by atoms with Crippen LogP contribution in [0.1, 0.15) is 5.56 Å². The van der Waals surface area contributed by atoms with Crippen molar-refractivity contribution in [2.45, 2.75) is 16.7 Å². The molecule has 0 atom stereocenters. The molecule has 2 aromatic rings. The van der Waals surface area contributed by atoms with Crippen LogP contribution in [0.5, 0.6) is 0 Å². The summed E-state index contributed by atoms with van der Waals surface area (Å²) in [4.78, 5) is 14.7. The topological polar surface area (TPSA) is 89.4 Å². The molecule has 0 unspecified atom stereocenters. The lowest BCUT2D eigenvalue weighted by Gasteiger charge is -2.03. The maximum absolute atomic E-state index is 10.6. The third-order valence-corrected chi connectivity index (χ3v) is 3.03. The summed E-state index contributed by atoms with van der Waals surface area (Å²) in [5.41, 5.74) is 0.424. The van der Waals surface area contributed by atoms with Gasteiger partial charge in [0.05, 0.1) is 17.7 Å². The van der Waals surface area contributed by atoms with Gasteiger partial charge in [-0.15, -0.1) is 0 Å². The fraction of sp³-hybridized carbons (Fsp3) is 0.100. The third kappa shape index (κ3) is 2.63. The molecule has 0 amide bonds. The van der Waals surface area contributed by atoms with Gasteiger partial charge in [0.25, 0.3) is 10.9 Å². The van der Waals surface area contributed by atoms with Gasteiger partial charge in [-0.05, 0) is 23.4 Å². The average molecular weight is 252 g/mol. The Labute approximate surface area is 100 Å². The molecule has 0 saturated carbocycles. The van der Waals surface area contributed by atoms with Crippen LogP contribution in [-0.4, -0.2) is 15.0 Å². The Hall–Kier alpha value is -1.86. The van der Waals surface area contributed by atoms with Crippen LogP contribution in [0.15, 0.2) is 45.2 Å². The summed E-state index contributed by atoms with van der Waals surface area (Å²) in [5.74, 6) is 0. The highest BCUT2D eigenvalue weighted by Crippen LogP contribution is 2.31. The largest absolute Gasteiger partial charge is 0.440 e. The summed E-state index contributed by atoms with van der Waals surface area (Å²) in [6.45, 7) is -0.273. The lowest BCUT2D eigenvalue weighted by Crippen LogP contribution is -1.93. The number of aliphatic hydroxyl groups is 1. The zero-order valence-electron chi connectivity index (χ0n) is 8.57. The lowest BCUT2D eigenvalue weighted by molar-refractivity contribution is -0.385. The van der Waals surface area contributed by atoms with Gasteiger partial charge in [-0.1, -0.05) is 0 Å². The molecule has 6 nitrogen and oxygen atoms in total. The van der Waals surface area contributed by atoms with E-state index in [4.69, 9.17) is 9.52 Å². The first-order valence-corrected chi connectivity index (χ1v) is 5.48. The maximum Gasteiger partial charge on any atom is 0.269 e. The molecule has 2 rings (SSSR count). The second-order valence-electron chi connectivity index (χ2n) is 3.11. The number of nitrogens with zero attached hydrogens (tertiary/aromatic N) is 2. The van der Waals surface area contributed by atoms with Gasteiger partial charge in [0.15, 0.2) is 0 Å². The fourth-order valence-electron chi connectivity index (χ4n) is 1.26. The molecule has 88 valence electrons. The van der Waals surface area contributed by atoms with E-state index in [1.165, 1.54) is 36.4 Å². The molecular formula is C10H8N2O4S. The summed E-state index contributed by atoms with van der Waals surface area (Å²) in [7, 11) is 0. The van der Waals surface area contributed by atoms with Gasteiger partial charge in [0.1, 0.15) is 6.26 Å². The van der Waals surface area contributed by atoms with E-state index in [2.05, 4.69) is 4.98 Å². The van der Waals surface area contributed by atoms with E-state index in [0.717, 1.165) is 0 Å². The van der Waals surface area contributed by atoms with E-state index in [0.29, 0.717) is 15.7 Å². The third-order valence-electron chi connectivity index (χ3n) is 2.03. The second-order valence-corrected chi connectivity index (χ2v) is 4.10. The molecule has 1 heterocycles. The predicted molar refractivity (Wildman–Crippen MR) is 59.6 cm³/mol. The van der Waals surface area contributed by atoms with Crippen LogP contribution < -0.4 is 0 Å². The summed E-state index contributed by atoms with van der Waals surface area (Å²) in [5, 5.41) is 20.2. The van der Waals surface area contributed by atoms with Crippen LogP contribution in [0.4, 0.5) is 5.69 Å². The molecule has 0 aliphatic rings. The van der Waals surface area contributed by atoms with Crippen molar-refractivity contribution in [2.24, 2.45) is 0 Å². The van der Waals surface area contributed by atoms with E-state index < -0.39 is 4.92 Å². The van der Waals surface area contributed by atoms with Crippen LogP contribution in [0.2, 0.25) is 0 Å². The molecule has 0 aliphatic carbocycles. The number of benzene rings is 1. The standard InChI is InChI=1S/C10H8N2O4S/c13-6-7-5-8(12(14)15)1-2-9(7)17-10-11-3-4-16-10/h1-5,13H,6H2. The Morgan fingerprint density at radius 1 is 1.53 bits per heavy atom. The molecule has 0 aliphatic heterocycles. The smallest absolute Gasteiger partial charge is 0.269 e. The quantitative estimate of drug-likeness (QED) is 0.662. The van der Waals surface area contributed by atoms with Crippen molar-refractivity contribution in [1.29, 1.82) is 0 Å². The van der Waals surface area contributed by atoms with Gasteiger partial charge >= 0.3 is 0 Å². The van der Waals surface area contributed by atoms with Gasteiger partial charge in [-0.2, -0.15) is 0 Å². The molecule has 1 aromatic carbocycles. The van der Waals surface area contributed by atoms with Gasteiger partial charge in [-0.3, -0.25) is 10.1 Å². The molecule has 0 saturated heterocycles. The normalized spacial score (nSPS) is 10.4.